The Morgan fingerprint density at radius 2 is 0.694 bits per heavy atom. The van der Waals surface area contributed by atoms with E-state index in [0.717, 1.165) is 0 Å². The predicted octanol–water partition coefficient (Wildman–Crippen LogP) is 9.30. The summed E-state index contributed by atoms with van der Waals surface area (Å²) in [6.45, 7) is 26.1. The summed E-state index contributed by atoms with van der Waals surface area (Å²) in [6.07, 6.45) is 0. The fraction of sp³-hybridized carbons (Fsp3) is 0.471. The van der Waals surface area contributed by atoms with Gasteiger partial charge in [-0.15, -0.1) is 0 Å². The smallest absolute Gasteiger partial charge is 0.0739 e. The Morgan fingerprint density at radius 1 is 0.389 bits per heavy atom. The molecule has 36 heavy (non-hydrogen) atoms. The molecule has 0 fully saturated rings. The number of rotatable bonds is 0. The summed E-state index contributed by atoms with van der Waals surface area (Å²) in [7, 11) is 4.64. The molecule has 1 aliphatic rings. The van der Waals surface area contributed by atoms with E-state index in [1.807, 2.05) is 0 Å². The molecule has 5 aromatic rings. The molecule has 2 nitrogen and oxygen atoms in total. The van der Waals surface area contributed by atoms with Crippen LogP contribution in [0.5, 0.6) is 0 Å². The molecule has 0 saturated carbocycles. The number of fused-ring (bicyclic) bond motifs is 10. The van der Waals surface area contributed by atoms with Gasteiger partial charge in [0.1, 0.15) is 0 Å². The van der Waals surface area contributed by atoms with Crippen LogP contribution in [0.3, 0.4) is 0 Å². The Bertz CT molecular complexity index is 1690. The van der Waals surface area contributed by atoms with Gasteiger partial charge in [0, 0.05) is 35.6 Å². The van der Waals surface area contributed by atoms with Crippen molar-refractivity contribution in [1.29, 1.82) is 0 Å². The third-order valence-electron chi connectivity index (χ3n) is 11.2. The van der Waals surface area contributed by atoms with Gasteiger partial charge >= 0.3 is 0 Å². The Labute approximate surface area is 216 Å². The first-order valence-corrected chi connectivity index (χ1v) is 13.8. The van der Waals surface area contributed by atoms with E-state index in [4.69, 9.17) is 0 Å². The number of hydrogen-bond donors (Lipinski definition) is 0. The van der Waals surface area contributed by atoms with Gasteiger partial charge in [-0.3, -0.25) is 0 Å². The first-order chi connectivity index (χ1) is 16.8. The molecule has 2 heteroatoms. The van der Waals surface area contributed by atoms with E-state index in [0.29, 0.717) is 17.8 Å². The molecule has 2 atom stereocenters. The van der Waals surface area contributed by atoms with Gasteiger partial charge in [0.25, 0.3) is 0 Å². The maximum atomic E-state index is 2.55. The molecular formula is C34H42N2. The largest absolute Gasteiger partial charge is 0.342 e. The Hall–Kier alpha value is -2.74. The van der Waals surface area contributed by atoms with Crippen molar-refractivity contribution < 1.29 is 0 Å². The average molecular weight is 479 g/mol. The van der Waals surface area contributed by atoms with Gasteiger partial charge in [-0.25, -0.2) is 0 Å². The van der Waals surface area contributed by atoms with Crippen LogP contribution in [0, 0.1) is 61.3 Å². The van der Waals surface area contributed by atoms with Gasteiger partial charge in [-0.05, 0) is 129 Å². The van der Waals surface area contributed by atoms with Crippen molar-refractivity contribution in [3.8, 4) is 0 Å². The van der Waals surface area contributed by atoms with Crippen LogP contribution in [0.2, 0.25) is 0 Å². The van der Waals surface area contributed by atoms with E-state index >= 15 is 0 Å². The first-order valence-electron chi connectivity index (χ1n) is 13.8. The summed E-state index contributed by atoms with van der Waals surface area (Å²) in [5, 5.41) is 6.03. The zero-order chi connectivity index (χ0) is 26.3. The molecule has 2 aromatic heterocycles. The SMILES string of the molecule is Cc1c(C)c(C)c2c(c1C)c1c3c(c4c5c(C)c(C)c(C)c(C)c5n(C)c4c1n2C)C(C)C(C)C3C. The fourth-order valence-electron chi connectivity index (χ4n) is 8.08. The highest BCUT2D eigenvalue weighted by Crippen LogP contribution is 2.56. The molecule has 188 valence electrons. The second-order valence-electron chi connectivity index (χ2n) is 12.3. The second kappa shape index (κ2) is 7.18. The number of nitrogens with zero attached hydrogens (tertiary/aromatic N) is 2. The molecule has 2 unspecified atom stereocenters. The second-order valence-corrected chi connectivity index (χ2v) is 12.3. The lowest BCUT2D eigenvalue weighted by atomic mass is 9.87. The predicted molar refractivity (Wildman–Crippen MR) is 158 cm³/mol. The summed E-state index contributed by atoms with van der Waals surface area (Å²) in [6, 6.07) is 0. The van der Waals surface area contributed by atoms with Gasteiger partial charge in [-0.2, -0.15) is 0 Å². The highest BCUT2D eigenvalue weighted by atomic mass is 15.0. The number of aromatic nitrogens is 2. The third-order valence-corrected chi connectivity index (χ3v) is 11.2. The maximum Gasteiger partial charge on any atom is 0.0739 e. The monoisotopic (exact) mass is 478 g/mol. The number of hydrogen-bond acceptors (Lipinski definition) is 0. The van der Waals surface area contributed by atoms with Crippen LogP contribution in [-0.4, -0.2) is 9.13 Å². The molecule has 0 N–H and O–H groups in total. The van der Waals surface area contributed by atoms with Gasteiger partial charge < -0.3 is 9.13 Å². The average Bonchev–Trinajstić information content (AvgIpc) is 3.40. The minimum atomic E-state index is 0.539. The lowest BCUT2D eigenvalue weighted by molar-refractivity contribution is 0.466. The molecule has 6 rings (SSSR count). The van der Waals surface area contributed by atoms with Crippen LogP contribution in [0.4, 0.5) is 0 Å². The van der Waals surface area contributed by atoms with Gasteiger partial charge in [0.2, 0.25) is 0 Å². The van der Waals surface area contributed by atoms with Crippen LogP contribution in [0.1, 0.15) is 88.2 Å². The summed E-state index contributed by atoms with van der Waals surface area (Å²) >= 11 is 0. The van der Waals surface area contributed by atoms with Crippen LogP contribution in [0.25, 0.3) is 43.6 Å². The summed E-state index contributed by atoms with van der Waals surface area (Å²) < 4.78 is 5.09. The van der Waals surface area contributed by atoms with Crippen molar-refractivity contribution in [3.05, 3.63) is 55.6 Å². The standard InChI is InChI=1S/C34H42N2/c1-14-16(3)23(10)31-27(21(14)8)29-25-19(6)18(5)20(7)26(25)30-28-22(9)15(2)17(4)24(11)32(28)36(13)34(30)33(29)35(31)12/h18-20H,1-13H3. The van der Waals surface area contributed by atoms with Crippen molar-refractivity contribution in [3.63, 3.8) is 0 Å². The normalized spacial score (nSPS) is 20.1. The highest BCUT2D eigenvalue weighted by molar-refractivity contribution is 6.27. The minimum absolute atomic E-state index is 0.539. The van der Waals surface area contributed by atoms with Crippen molar-refractivity contribution in [1.82, 2.24) is 9.13 Å². The van der Waals surface area contributed by atoms with E-state index in [-0.39, 0.29) is 0 Å². The molecule has 0 bridgehead atoms. The van der Waals surface area contributed by atoms with E-state index in [1.165, 1.54) is 88.1 Å². The number of benzene rings is 3. The zero-order valence-electron chi connectivity index (χ0n) is 24.6. The van der Waals surface area contributed by atoms with Crippen LogP contribution in [0.15, 0.2) is 0 Å². The van der Waals surface area contributed by atoms with Gasteiger partial charge in [0.15, 0.2) is 0 Å². The van der Waals surface area contributed by atoms with Crippen molar-refractivity contribution in [2.24, 2.45) is 20.0 Å². The van der Waals surface area contributed by atoms with E-state index in [2.05, 4.69) is 99.4 Å². The topological polar surface area (TPSA) is 9.86 Å². The summed E-state index contributed by atoms with van der Waals surface area (Å²) in [5.74, 6) is 1.70. The summed E-state index contributed by atoms with van der Waals surface area (Å²) in [4.78, 5) is 0. The third kappa shape index (κ3) is 2.40. The van der Waals surface area contributed by atoms with Crippen LogP contribution < -0.4 is 0 Å². The molecule has 0 amide bonds. The molecule has 0 spiro atoms. The zero-order valence-corrected chi connectivity index (χ0v) is 24.6. The van der Waals surface area contributed by atoms with Crippen molar-refractivity contribution >= 4 is 43.6 Å². The van der Waals surface area contributed by atoms with Crippen LogP contribution in [-0.2, 0) is 14.1 Å². The molecule has 1 aliphatic carbocycles. The Balaban J connectivity index is 2.09. The van der Waals surface area contributed by atoms with Gasteiger partial charge in [0.05, 0.1) is 22.1 Å². The Morgan fingerprint density at radius 3 is 1.03 bits per heavy atom. The fourth-order valence-corrected chi connectivity index (χ4v) is 8.08. The number of aryl methyl sites for hydroxylation is 6. The minimum Gasteiger partial charge on any atom is -0.342 e. The van der Waals surface area contributed by atoms with Crippen molar-refractivity contribution in [2.75, 3.05) is 0 Å². The maximum absolute atomic E-state index is 2.55. The summed E-state index contributed by atoms with van der Waals surface area (Å²) in [5.41, 5.74) is 20.5. The van der Waals surface area contributed by atoms with E-state index in [9.17, 15) is 0 Å². The molecule has 0 saturated heterocycles. The van der Waals surface area contributed by atoms with Crippen molar-refractivity contribution in [2.45, 2.75) is 88.0 Å². The molecular weight excluding hydrogens is 436 g/mol. The highest BCUT2D eigenvalue weighted by Gasteiger charge is 2.39. The molecule has 2 heterocycles. The van der Waals surface area contributed by atoms with E-state index in [1.54, 1.807) is 11.1 Å². The van der Waals surface area contributed by atoms with Gasteiger partial charge in [-0.1, -0.05) is 20.8 Å². The van der Waals surface area contributed by atoms with Crippen LogP contribution >= 0.6 is 0 Å². The first kappa shape index (κ1) is 23.6. The van der Waals surface area contributed by atoms with E-state index < -0.39 is 0 Å². The molecule has 0 aliphatic heterocycles. The molecule has 3 aromatic carbocycles. The molecule has 0 radical (unpaired) electrons. The lowest BCUT2D eigenvalue weighted by Gasteiger charge is -2.15. The quantitative estimate of drug-likeness (QED) is 0.210. The lowest BCUT2D eigenvalue weighted by Crippen LogP contribution is -2.02. The Kier molecular flexibility index (Phi) is 4.72.